The van der Waals surface area contributed by atoms with E-state index in [-0.39, 0.29) is 0 Å². The molecule has 0 amide bonds. The van der Waals surface area contributed by atoms with Crippen LogP contribution in [0.3, 0.4) is 0 Å². The third-order valence-corrected chi connectivity index (χ3v) is 4.08. The summed E-state index contributed by atoms with van der Waals surface area (Å²) in [5.74, 6) is 0.365. The molecule has 18 heavy (non-hydrogen) atoms. The molecule has 1 aliphatic rings. The molecular weight excluding hydrogens is 264 g/mol. The van der Waals surface area contributed by atoms with Crippen molar-refractivity contribution in [3.05, 3.63) is 35.0 Å². The summed E-state index contributed by atoms with van der Waals surface area (Å²) in [7, 11) is 0. The van der Waals surface area contributed by atoms with Gasteiger partial charge in [-0.2, -0.15) is 5.10 Å². The summed E-state index contributed by atoms with van der Waals surface area (Å²) < 4.78 is 1.99. The lowest BCUT2D eigenvalue weighted by molar-refractivity contribution is 0.800. The molecule has 6 heteroatoms. The fraction of sp³-hybridized carbons (Fsp3) is 0.250. The Labute approximate surface area is 115 Å². The van der Waals surface area contributed by atoms with Crippen LogP contribution < -0.4 is 0 Å². The molecule has 1 atom stereocenters. The Bertz CT molecular complexity index is 610. The first kappa shape index (κ1) is 11.7. The van der Waals surface area contributed by atoms with Gasteiger partial charge in [-0.25, -0.2) is 4.98 Å². The van der Waals surface area contributed by atoms with Crippen molar-refractivity contribution in [1.29, 1.82) is 0 Å². The van der Waals surface area contributed by atoms with Crippen LogP contribution in [0, 0.1) is 5.92 Å². The number of thiol groups is 1. The molecular formula is C12H12N4S2. The fourth-order valence-corrected chi connectivity index (χ4v) is 3.23. The van der Waals surface area contributed by atoms with Crippen molar-refractivity contribution < 1.29 is 0 Å². The first-order chi connectivity index (χ1) is 8.74. The van der Waals surface area contributed by atoms with Crippen LogP contribution in [0.5, 0.6) is 0 Å². The number of hydrogen-bond acceptors (Lipinski definition) is 4. The summed E-state index contributed by atoms with van der Waals surface area (Å²) >= 11 is 5.95. The van der Waals surface area contributed by atoms with Crippen LogP contribution >= 0.6 is 24.0 Å². The highest BCUT2D eigenvalue weighted by atomic mass is 32.1. The lowest BCUT2D eigenvalue weighted by atomic mass is 10.0. The highest BCUT2D eigenvalue weighted by Crippen LogP contribution is 2.26. The quantitative estimate of drug-likeness (QED) is 0.842. The van der Waals surface area contributed by atoms with Crippen LogP contribution in [0.4, 0.5) is 0 Å². The van der Waals surface area contributed by atoms with E-state index in [0.717, 1.165) is 27.7 Å². The van der Waals surface area contributed by atoms with E-state index in [1.165, 1.54) is 0 Å². The first-order valence-corrected chi connectivity index (χ1v) is 6.97. The Morgan fingerprint density at radius 3 is 3.06 bits per heavy atom. The second kappa shape index (κ2) is 4.70. The molecule has 2 aromatic heterocycles. The van der Waals surface area contributed by atoms with Gasteiger partial charge < -0.3 is 4.57 Å². The predicted molar refractivity (Wildman–Crippen MR) is 78.2 cm³/mol. The van der Waals surface area contributed by atoms with Gasteiger partial charge in [-0.3, -0.25) is 0 Å². The second-order valence-corrected chi connectivity index (χ2v) is 5.67. The molecule has 0 saturated carbocycles. The molecule has 0 bridgehead atoms. The van der Waals surface area contributed by atoms with Gasteiger partial charge in [0, 0.05) is 30.1 Å². The maximum absolute atomic E-state index is 4.27. The molecule has 1 aliphatic heterocycles. The molecule has 0 radical (unpaired) electrons. The maximum atomic E-state index is 4.27. The lowest BCUT2D eigenvalue weighted by Crippen LogP contribution is -2.17. The van der Waals surface area contributed by atoms with E-state index >= 15 is 0 Å². The second-order valence-electron chi connectivity index (χ2n) is 4.25. The molecule has 3 heterocycles. The van der Waals surface area contributed by atoms with Crippen molar-refractivity contribution in [3.63, 3.8) is 0 Å². The lowest BCUT2D eigenvalue weighted by Gasteiger charge is -2.15. The monoisotopic (exact) mass is 276 g/mol. The Balaban J connectivity index is 1.94. The maximum Gasteiger partial charge on any atom is 0.0991 e. The number of aromatic nitrogens is 2. The van der Waals surface area contributed by atoms with Gasteiger partial charge in [0.05, 0.1) is 27.6 Å². The molecule has 0 spiro atoms. The van der Waals surface area contributed by atoms with E-state index in [2.05, 4.69) is 46.2 Å². The summed E-state index contributed by atoms with van der Waals surface area (Å²) in [6.07, 6.45) is 6.36. The molecule has 2 aromatic rings. The van der Waals surface area contributed by atoms with Crippen molar-refractivity contribution >= 4 is 34.7 Å². The van der Waals surface area contributed by atoms with Gasteiger partial charge in [-0.05, 0) is 6.07 Å². The molecule has 0 N–H and O–H groups in total. The summed E-state index contributed by atoms with van der Waals surface area (Å²) in [5.41, 5.74) is 2.16. The molecule has 92 valence electrons. The van der Waals surface area contributed by atoms with Crippen molar-refractivity contribution in [2.24, 2.45) is 16.1 Å². The average Bonchev–Trinajstić information content (AvgIpc) is 2.99. The number of hydrogen-bond donors (Lipinski definition) is 1. The van der Waals surface area contributed by atoms with Crippen molar-refractivity contribution in [1.82, 2.24) is 9.55 Å². The summed E-state index contributed by atoms with van der Waals surface area (Å²) in [6.45, 7) is 2.15. The molecule has 4 nitrogen and oxygen atoms in total. The van der Waals surface area contributed by atoms with Crippen molar-refractivity contribution in [3.8, 4) is 5.69 Å². The van der Waals surface area contributed by atoms with Gasteiger partial charge in [0.2, 0.25) is 0 Å². The molecule has 0 saturated heterocycles. The van der Waals surface area contributed by atoms with Crippen molar-refractivity contribution in [2.75, 3.05) is 0 Å². The van der Waals surface area contributed by atoms with Crippen LogP contribution in [0.2, 0.25) is 0 Å². The molecule has 0 aromatic carbocycles. The standard InChI is InChI=1S/C12H12N4S2/c1-8-4-11(17)14-15-12(8)10-5-9(6-18-10)16-3-2-13-7-16/h2-3,5-8H,4H2,1H3,(H,14,17). The predicted octanol–water partition coefficient (Wildman–Crippen LogP) is 3.01. The third kappa shape index (κ3) is 2.13. The Morgan fingerprint density at radius 2 is 2.33 bits per heavy atom. The minimum Gasteiger partial charge on any atom is -0.305 e. The van der Waals surface area contributed by atoms with Gasteiger partial charge in [0.25, 0.3) is 0 Å². The molecule has 0 fully saturated rings. The first-order valence-electron chi connectivity index (χ1n) is 5.64. The van der Waals surface area contributed by atoms with Crippen LogP contribution in [-0.2, 0) is 0 Å². The third-order valence-electron chi connectivity index (χ3n) is 2.87. The van der Waals surface area contributed by atoms with E-state index in [0.29, 0.717) is 5.92 Å². The zero-order chi connectivity index (χ0) is 12.5. The topological polar surface area (TPSA) is 42.5 Å². The van der Waals surface area contributed by atoms with E-state index < -0.39 is 0 Å². The zero-order valence-electron chi connectivity index (χ0n) is 9.82. The SMILES string of the molecule is CC1CC(S)=NN=C1c1cc(-n2ccnc2)cs1. The highest BCUT2D eigenvalue weighted by Gasteiger charge is 2.20. The number of rotatable bonds is 2. The summed E-state index contributed by atoms with van der Waals surface area (Å²) in [6, 6.07) is 2.13. The fourth-order valence-electron chi connectivity index (χ4n) is 1.92. The summed E-state index contributed by atoms with van der Waals surface area (Å²) in [5, 5.41) is 11.2. The largest absolute Gasteiger partial charge is 0.305 e. The van der Waals surface area contributed by atoms with Crippen LogP contribution in [0.15, 0.2) is 40.4 Å². The minimum atomic E-state index is 0.365. The normalized spacial score (nSPS) is 19.6. The Kier molecular flexibility index (Phi) is 3.05. The van der Waals surface area contributed by atoms with Crippen LogP contribution in [0.25, 0.3) is 5.69 Å². The van der Waals surface area contributed by atoms with E-state index in [1.54, 1.807) is 23.9 Å². The zero-order valence-corrected chi connectivity index (χ0v) is 11.5. The van der Waals surface area contributed by atoms with Gasteiger partial charge >= 0.3 is 0 Å². The van der Waals surface area contributed by atoms with Crippen LogP contribution in [-0.4, -0.2) is 20.3 Å². The highest BCUT2D eigenvalue weighted by molar-refractivity contribution is 7.97. The van der Waals surface area contributed by atoms with Gasteiger partial charge in [0.1, 0.15) is 0 Å². The average molecular weight is 276 g/mol. The van der Waals surface area contributed by atoms with E-state index in [9.17, 15) is 0 Å². The van der Waals surface area contributed by atoms with Gasteiger partial charge in [-0.15, -0.1) is 29.1 Å². The van der Waals surface area contributed by atoms with E-state index in [4.69, 9.17) is 0 Å². The van der Waals surface area contributed by atoms with Crippen molar-refractivity contribution in [2.45, 2.75) is 13.3 Å². The van der Waals surface area contributed by atoms with E-state index in [1.807, 2.05) is 10.8 Å². The smallest absolute Gasteiger partial charge is 0.0991 e. The number of nitrogens with zero attached hydrogens (tertiary/aromatic N) is 4. The molecule has 1 unspecified atom stereocenters. The van der Waals surface area contributed by atoms with Gasteiger partial charge in [0.15, 0.2) is 0 Å². The van der Waals surface area contributed by atoms with Crippen LogP contribution in [0.1, 0.15) is 18.2 Å². The summed E-state index contributed by atoms with van der Waals surface area (Å²) in [4.78, 5) is 5.21. The minimum absolute atomic E-state index is 0.365. The number of imidazole rings is 1. The molecule has 0 aliphatic carbocycles. The Hall–Kier alpha value is -1.40. The number of thiophene rings is 1. The van der Waals surface area contributed by atoms with Gasteiger partial charge in [-0.1, -0.05) is 6.92 Å². The molecule has 3 rings (SSSR count). The Morgan fingerprint density at radius 1 is 1.44 bits per heavy atom.